The van der Waals surface area contributed by atoms with Gasteiger partial charge in [-0.25, -0.2) is 19.5 Å². The molecule has 3 aromatic rings. The van der Waals surface area contributed by atoms with Crippen LogP contribution in [-0.2, 0) is 5.41 Å². The molecule has 4 heterocycles. The van der Waals surface area contributed by atoms with E-state index in [1.165, 1.54) is 51.6 Å². The Hall–Kier alpha value is -2.74. The molecule has 3 saturated carbocycles. The van der Waals surface area contributed by atoms with E-state index in [-0.39, 0.29) is 11.4 Å². The third-order valence-corrected chi connectivity index (χ3v) is 6.36. The van der Waals surface area contributed by atoms with E-state index < -0.39 is 0 Å². The van der Waals surface area contributed by atoms with Gasteiger partial charge >= 0.3 is 0 Å². The second-order valence-corrected chi connectivity index (χ2v) is 8.34. The molecule has 0 unspecified atom stereocenters. The van der Waals surface area contributed by atoms with Gasteiger partial charge in [-0.3, -0.25) is 0 Å². The quantitative estimate of drug-likeness (QED) is 0.705. The Morgan fingerprint density at radius 3 is 2.52 bits per heavy atom. The van der Waals surface area contributed by atoms with Gasteiger partial charge in [0, 0.05) is 17.7 Å². The number of hydrogen-bond donors (Lipinski definition) is 2. The molecule has 4 aliphatic rings. The molecule has 8 nitrogen and oxygen atoms in total. The van der Waals surface area contributed by atoms with Crippen LogP contribution in [0.4, 0.5) is 5.95 Å². The Labute approximate surface area is 169 Å². The zero-order valence-electron chi connectivity index (χ0n) is 16.8. The molecule has 8 heteroatoms. The van der Waals surface area contributed by atoms with Crippen LogP contribution in [0.5, 0.6) is 5.75 Å². The summed E-state index contributed by atoms with van der Waals surface area (Å²) in [4.78, 5) is 12.7. The minimum Gasteiger partial charge on any atom is -0.495 e. The molecule has 0 aromatic carbocycles. The molecule has 1 aliphatic heterocycles. The van der Waals surface area contributed by atoms with Gasteiger partial charge in [0.25, 0.3) is 0 Å². The largest absolute Gasteiger partial charge is 0.495 e. The lowest BCUT2D eigenvalue weighted by atomic mass is 9.43. The maximum Gasteiger partial charge on any atom is 0.220 e. The van der Waals surface area contributed by atoms with Crippen LogP contribution in [0.15, 0.2) is 24.5 Å². The second kappa shape index (κ2) is 7.26. The normalized spacial score (nSPS) is 24.8. The Balaban J connectivity index is 0.000000262. The van der Waals surface area contributed by atoms with Crippen molar-refractivity contribution in [3.63, 3.8) is 0 Å². The number of methoxy groups -OCH3 is 1. The zero-order valence-corrected chi connectivity index (χ0v) is 16.8. The molecule has 4 fully saturated rings. The van der Waals surface area contributed by atoms with Crippen molar-refractivity contribution in [1.29, 1.82) is 0 Å². The van der Waals surface area contributed by atoms with Gasteiger partial charge in [-0.15, -0.1) is 0 Å². The topological polar surface area (TPSA) is 103 Å². The minimum atomic E-state index is 0.205. The Kier molecular flexibility index (Phi) is 4.58. The number of aromatic nitrogens is 5. The van der Waals surface area contributed by atoms with E-state index in [0.29, 0.717) is 5.69 Å². The molecule has 2 bridgehead atoms. The van der Waals surface area contributed by atoms with Crippen LogP contribution in [0, 0.1) is 5.92 Å². The van der Waals surface area contributed by atoms with Crippen LogP contribution >= 0.6 is 0 Å². The molecule has 152 valence electrons. The van der Waals surface area contributed by atoms with E-state index in [0.717, 1.165) is 28.7 Å². The Morgan fingerprint density at radius 1 is 1.17 bits per heavy atom. The summed E-state index contributed by atoms with van der Waals surface area (Å²) in [5.74, 6) is 1.95. The van der Waals surface area contributed by atoms with Crippen LogP contribution in [0.2, 0.25) is 0 Å². The molecule has 29 heavy (non-hydrogen) atoms. The molecule has 0 radical (unpaired) electrons. The van der Waals surface area contributed by atoms with E-state index >= 15 is 0 Å². The second-order valence-electron chi connectivity index (χ2n) is 8.34. The van der Waals surface area contributed by atoms with Gasteiger partial charge < -0.3 is 15.8 Å². The van der Waals surface area contributed by atoms with Crippen LogP contribution in [0.3, 0.4) is 0 Å². The summed E-state index contributed by atoms with van der Waals surface area (Å²) in [5.41, 5.74) is 9.21. The van der Waals surface area contributed by atoms with E-state index in [1.54, 1.807) is 19.5 Å². The number of anilines is 1. The van der Waals surface area contributed by atoms with Crippen molar-refractivity contribution in [2.24, 2.45) is 5.92 Å². The number of fused-ring (bicyclic) bond motifs is 1. The van der Waals surface area contributed by atoms with Crippen LogP contribution < -0.4 is 15.8 Å². The first-order valence-corrected chi connectivity index (χ1v) is 10.4. The number of nitrogen functional groups attached to an aromatic ring is 1. The Morgan fingerprint density at radius 2 is 1.97 bits per heavy atom. The summed E-state index contributed by atoms with van der Waals surface area (Å²) in [7, 11) is 1.69. The number of ether oxygens (including phenoxy) is 1. The smallest absolute Gasteiger partial charge is 0.220 e. The molecule has 1 saturated heterocycles. The fraction of sp³-hybridized carbons (Fsp3) is 0.524. The summed E-state index contributed by atoms with van der Waals surface area (Å²) < 4.78 is 7.41. The lowest BCUT2D eigenvalue weighted by Gasteiger charge is -2.61. The van der Waals surface area contributed by atoms with E-state index in [9.17, 15) is 0 Å². The fourth-order valence-corrected chi connectivity index (χ4v) is 4.68. The van der Waals surface area contributed by atoms with Gasteiger partial charge in [-0.1, -0.05) is 6.42 Å². The minimum absolute atomic E-state index is 0.205. The van der Waals surface area contributed by atoms with Gasteiger partial charge in [-0.05, 0) is 57.2 Å². The van der Waals surface area contributed by atoms with Gasteiger partial charge in [0.1, 0.15) is 17.1 Å². The average molecular weight is 393 g/mol. The SMILES string of the molecule is C1CCNCC1.COc1cc2ncc(-c3ccnc(N)n3)n2nc1C12CC(C1)C2. The first-order valence-electron chi connectivity index (χ1n) is 10.4. The molecular formula is C21H27N7O. The first kappa shape index (κ1) is 18.3. The number of rotatable bonds is 3. The van der Waals surface area contributed by atoms with E-state index in [1.807, 2.05) is 16.6 Å². The number of nitrogens with one attached hydrogen (secondary N) is 1. The van der Waals surface area contributed by atoms with Crippen molar-refractivity contribution in [2.45, 2.75) is 43.9 Å². The fourth-order valence-electron chi connectivity index (χ4n) is 4.68. The van der Waals surface area contributed by atoms with Crippen molar-refractivity contribution >= 4 is 11.6 Å². The number of piperidine rings is 1. The number of hydrogen-bond acceptors (Lipinski definition) is 7. The van der Waals surface area contributed by atoms with Crippen molar-refractivity contribution < 1.29 is 4.74 Å². The van der Waals surface area contributed by atoms with Crippen molar-refractivity contribution in [3.05, 3.63) is 30.2 Å². The summed E-state index contributed by atoms with van der Waals surface area (Å²) in [5, 5.41) is 8.16. The standard InChI is InChI=1S/C16H16N6O.C5H11N/c1-23-12-4-13-19-8-11(10-2-3-18-15(17)20-10)22(13)21-14(12)16-5-9(6-16)7-16;1-2-4-6-5-3-1/h2-4,8-9H,5-7H2,1H3,(H2,17,18,20);6H,1-5H2. The summed E-state index contributed by atoms with van der Waals surface area (Å²) >= 11 is 0. The molecule has 3 aromatic heterocycles. The number of nitrogens with two attached hydrogens (primary N) is 1. The van der Waals surface area contributed by atoms with Gasteiger partial charge in [0.05, 0.1) is 19.0 Å². The van der Waals surface area contributed by atoms with E-state index in [2.05, 4.69) is 20.3 Å². The maximum absolute atomic E-state index is 5.70. The number of imidazole rings is 1. The average Bonchev–Trinajstić information content (AvgIpc) is 3.10. The Bertz CT molecular complexity index is 999. The predicted octanol–water partition coefficient (Wildman–Crippen LogP) is 2.59. The van der Waals surface area contributed by atoms with Crippen molar-refractivity contribution in [2.75, 3.05) is 25.9 Å². The van der Waals surface area contributed by atoms with Gasteiger partial charge in [0.2, 0.25) is 5.95 Å². The zero-order chi connectivity index (χ0) is 19.8. The molecule has 7 rings (SSSR count). The summed E-state index contributed by atoms with van der Waals surface area (Å²) in [6.45, 7) is 2.50. The van der Waals surface area contributed by atoms with Crippen LogP contribution in [-0.4, -0.2) is 44.8 Å². The first-order chi connectivity index (χ1) is 14.2. The third-order valence-electron chi connectivity index (χ3n) is 6.36. The third kappa shape index (κ3) is 3.21. The predicted molar refractivity (Wildman–Crippen MR) is 111 cm³/mol. The highest BCUT2D eigenvalue weighted by atomic mass is 16.5. The molecule has 3 aliphatic carbocycles. The summed E-state index contributed by atoms with van der Waals surface area (Å²) in [6.07, 6.45) is 11.3. The van der Waals surface area contributed by atoms with Crippen molar-refractivity contribution in [1.82, 2.24) is 29.9 Å². The number of nitrogens with zero attached hydrogens (tertiary/aromatic N) is 5. The molecule has 0 atom stereocenters. The van der Waals surface area contributed by atoms with Crippen molar-refractivity contribution in [3.8, 4) is 17.1 Å². The van der Waals surface area contributed by atoms with Gasteiger partial charge in [-0.2, -0.15) is 5.10 Å². The van der Waals surface area contributed by atoms with E-state index in [4.69, 9.17) is 15.6 Å². The molecule has 0 amide bonds. The van der Waals surface area contributed by atoms with Gasteiger partial charge in [0.15, 0.2) is 5.65 Å². The summed E-state index contributed by atoms with van der Waals surface area (Å²) in [6, 6.07) is 3.77. The maximum atomic E-state index is 5.70. The highest BCUT2D eigenvalue weighted by Crippen LogP contribution is 2.66. The highest BCUT2D eigenvalue weighted by Gasteiger charge is 2.59. The molecule has 0 spiro atoms. The molecule has 3 N–H and O–H groups in total. The van der Waals surface area contributed by atoms with Crippen LogP contribution in [0.1, 0.15) is 44.2 Å². The van der Waals surface area contributed by atoms with Crippen LogP contribution in [0.25, 0.3) is 17.0 Å². The lowest BCUT2D eigenvalue weighted by Crippen LogP contribution is -2.56. The monoisotopic (exact) mass is 393 g/mol. The molecular weight excluding hydrogens is 366 g/mol. The highest BCUT2D eigenvalue weighted by molar-refractivity contribution is 5.61. The lowest BCUT2D eigenvalue weighted by molar-refractivity contribution is -0.0333.